The predicted octanol–water partition coefficient (Wildman–Crippen LogP) is 1.29. The van der Waals surface area contributed by atoms with Crippen LogP contribution in [-0.2, 0) is 4.74 Å². The van der Waals surface area contributed by atoms with Crippen molar-refractivity contribution >= 4 is 28.6 Å². The first-order valence-electron chi connectivity index (χ1n) is 8.48. The second kappa shape index (κ2) is 5.85. The van der Waals surface area contributed by atoms with Crippen LogP contribution in [-0.4, -0.2) is 65.4 Å². The topological polar surface area (TPSA) is 74.7 Å². The first-order valence-corrected chi connectivity index (χ1v) is 10.2. The molecule has 2 aromatic rings. The van der Waals surface area contributed by atoms with Crippen molar-refractivity contribution in [2.75, 3.05) is 32.8 Å². The van der Waals surface area contributed by atoms with Crippen LogP contribution < -0.4 is 5.32 Å². The molecule has 1 amide bonds. The van der Waals surface area contributed by atoms with Crippen molar-refractivity contribution in [3.8, 4) is 9.88 Å². The molecular formula is C17H19N3O3S2. The van der Waals surface area contributed by atoms with E-state index in [1.807, 2.05) is 27.8 Å². The molecule has 0 aliphatic carbocycles. The fourth-order valence-corrected chi connectivity index (χ4v) is 6.11. The lowest BCUT2D eigenvalue weighted by Crippen LogP contribution is -2.52. The third-order valence-electron chi connectivity index (χ3n) is 5.65. The Balaban J connectivity index is 1.38. The fourth-order valence-electron chi connectivity index (χ4n) is 4.50. The summed E-state index contributed by atoms with van der Waals surface area (Å²) < 4.78 is 6.26. The first-order chi connectivity index (χ1) is 12.2. The zero-order valence-corrected chi connectivity index (χ0v) is 15.2. The molecule has 8 heteroatoms. The third-order valence-corrected chi connectivity index (χ3v) is 7.54. The number of thiazole rings is 1. The van der Waals surface area contributed by atoms with Crippen molar-refractivity contribution < 1.29 is 14.6 Å². The number of aliphatic hydroxyl groups is 1. The molecular weight excluding hydrogens is 358 g/mol. The zero-order valence-electron chi connectivity index (χ0n) is 13.6. The lowest BCUT2D eigenvalue weighted by atomic mass is 9.83. The van der Waals surface area contributed by atoms with Crippen molar-refractivity contribution in [1.29, 1.82) is 0 Å². The maximum Gasteiger partial charge on any atom is 0.273 e. The van der Waals surface area contributed by atoms with Gasteiger partial charge in [-0.3, -0.25) is 4.79 Å². The predicted molar refractivity (Wildman–Crippen MR) is 95.9 cm³/mol. The van der Waals surface area contributed by atoms with Crippen LogP contribution in [0.5, 0.6) is 0 Å². The minimum absolute atomic E-state index is 0.0368. The Morgan fingerprint density at radius 1 is 1.52 bits per heavy atom. The van der Waals surface area contributed by atoms with E-state index in [0.717, 1.165) is 23.0 Å². The number of carbonyl (C=O) groups is 1. The van der Waals surface area contributed by atoms with Gasteiger partial charge in [0, 0.05) is 43.5 Å². The van der Waals surface area contributed by atoms with Crippen LogP contribution in [0, 0.1) is 11.8 Å². The molecule has 3 aliphatic heterocycles. The maximum absolute atomic E-state index is 12.9. The van der Waals surface area contributed by atoms with Crippen LogP contribution in [0.4, 0.5) is 0 Å². The molecule has 1 spiro atoms. The molecule has 3 fully saturated rings. The number of hydrogen-bond donors (Lipinski definition) is 2. The summed E-state index contributed by atoms with van der Waals surface area (Å²) in [6, 6.07) is 4.01. The van der Waals surface area contributed by atoms with Gasteiger partial charge in [-0.25, -0.2) is 4.98 Å². The van der Waals surface area contributed by atoms with E-state index in [9.17, 15) is 9.90 Å². The van der Waals surface area contributed by atoms with E-state index in [1.165, 1.54) is 11.3 Å². The van der Waals surface area contributed by atoms with E-state index in [4.69, 9.17) is 4.74 Å². The van der Waals surface area contributed by atoms with E-state index >= 15 is 0 Å². The van der Waals surface area contributed by atoms with Crippen LogP contribution in [0.1, 0.15) is 10.5 Å². The first kappa shape index (κ1) is 15.9. The highest BCUT2D eigenvalue weighted by molar-refractivity contribution is 7.20. The highest BCUT2D eigenvalue weighted by atomic mass is 32.1. The van der Waals surface area contributed by atoms with Gasteiger partial charge in [-0.1, -0.05) is 6.07 Å². The molecule has 0 aromatic carbocycles. The summed E-state index contributed by atoms with van der Waals surface area (Å²) in [5, 5.41) is 17.9. The lowest BCUT2D eigenvalue weighted by molar-refractivity contribution is -0.0726. The van der Waals surface area contributed by atoms with E-state index in [2.05, 4.69) is 10.3 Å². The number of rotatable bonds is 3. The van der Waals surface area contributed by atoms with E-state index in [0.29, 0.717) is 18.8 Å². The standard InChI is InChI=1S/C17H19N3O3S2/c21-6-10-11-5-20(9-17(11)8-18-4-13(10)23-17)16(22)12-7-25-15(19-12)14-2-1-3-24-14/h1-3,7,10-11,13,18,21H,4-6,8-9H2/t10-,11+,13+,17+/m0/s1. The molecule has 25 heavy (non-hydrogen) atoms. The van der Waals surface area contributed by atoms with Crippen molar-refractivity contribution in [1.82, 2.24) is 15.2 Å². The van der Waals surface area contributed by atoms with Gasteiger partial charge in [-0.05, 0) is 11.4 Å². The molecule has 0 radical (unpaired) electrons. The number of hydrogen-bond acceptors (Lipinski definition) is 7. The Morgan fingerprint density at radius 2 is 2.44 bits per heavy atom. The second-order valence-electron chi connectivity index (χ2n) is 7.01. The highest BCUT2D eigenvalue weighted by Gasteiger charge is 2.61. The highest BCUT2D eigenvalue weighted by Crippen LogP contribution is 2.47. The van der Waals surface area contributed by atoms with Gasteiger partial charge in [0.2, 0.25) is 0 Å². The van der Waals surface area contributed by atoms with Gasteiger partial charge >= 0.3 is 0 Å². The maximum atomic E-state index is 12.9. The van der Waals surface area contributed by atoms with Crippen molar-refractivity contribution in [3.63, 3.8) is 0 Å². The molecule has 2 aromatic heterocycles. The summed E-state index contributed by atoms with van der Waals surface area (Å²) >= 11 is 3.13. The van der Waals surface area contributed by atoms with Crippen LogP contribution in [0.2, 0.25) is 0 Å². The average Bonchev–Trinajstić information content (AvgIpc) is 3.37. The van der Waals surface area contributed by atoms with Gasteiger partial charge in [0.05, 0.1) is 17.5 Å². The summed E-state index contributed by atoms with van der Waals surface area (Å²) in [6.45, 7) is 2.84. The van der Waals surface area contributed by atoms with Gasteiger partial charge in [0.15, 0.2) is 0 Å². The average molecular weight is 377 g/mol. The van der Waals surface area contributed by atoms with Crippen molar-refractivity contribution in [3.05, 3.63) is 28.6 Å². The number of aromatic nitrogens is 1. The minimum atomic E-state index is -0.349. The molecule has 5 rings (SSSR count). The molecule has 3 saturated heterocycles. The number of nitrogens with one attached hydrogen (secondary N) is 1. The Morgan fingerprint density at radius 3 is 3.24 bits per heavy atom. The molecule has 2 N–H and O–H groups in total. The molecule has 4 atom stereocenters. The summed E-state index contributed by atoms with van der Waals surface area (Å²) in [5.74, 6) is 0.256. The van der Waals surface area contributed by atoms with Gasteiger partial charge in [0.25, 0.3) is 5.91 Å². The largest absolute Gasteiger partial charge is 0.396 e. The van der Waals surface area contributed by atoms with Crippen LogP contribution in [0.25, 0.3) is 9.88 Å². The van der Waals surface area contributed by atoms with Gasteiger partial charge in [-0.15, -0.1) is 22.7 Å². The quantitative estimate of drug-likeness (QED) is 0.843. The van der Waals surface area contributed by atoms with Gasteiger partial charge in [-0.2, -0.15) is 0 Å². The number of nitrogens with zero attached hydrogens (tertiary/aromatic N) is 2. The smallest absolute Gasteiger partial charge is 0.273 e. The van der Waals surface area contributed by atoms with E-state index < -0.39 is 0 Å². The van der Waals surface area contributed by atoms with Crippen LogP contribution >= 0.6 is 22.7 Å². The third kappa shape index (κ3) is 2.39. The van der Waals surface area contributed by atoms with Gasteiger partial charge in [0.1, 0.15) is 16.3 Å². The number of aliphatic hydroxyl groups excluding tert-OH is 1. The number of carbonyl (C=O) groups excluding carboxylic acids is 1. The Labute approximate surface area is 153 Å². The number of likely N-dealkylation sites (tertiary alicyclic amines) is 1. The van der Waals surface area contributed by atoms with Gasteiger partial charge < -0.3 is 20.1 Å². The Kier molecular flexibility index (Phi) is 3.72. The molecule has 2 bridgehead atoms. The Hall–Kier alpha value is -1.32. The zero-order chi connectivity index (χ0) is 17.0. The lowest BCUT2D eigenvalue weighted by Gasteiger charge is -2.33. The normalized spacial score (nSPS) is 33.6. The van der Waals surface area contributed by atoms with Crippen LogP contribution in [0.15, 0.2) is 22.9 Å². The Bertz CT molecular complexity index is 793. The number of ether oxygens (including phenoxy) is 1. The number of thiophene rings is 1. The summed E-state index contributed by atoms with van der Waals surface area (Å²) in [6.07, 6.45) is 0.0608. The van der Waals surface area contributed by atoms with Crippen molar-refractivity contribution in [2.24, 2.45) is 11.8 Å². The minimum Gasteiger partial charge on any atom is -0.396 e. The monoisotopic (exact) mass is 377 g/mol. The summed E-state index contributed by atoms with van der Waals surface area (Å²) in [4.78, 5) is 20.4. The molecule has 0 unspecified atom stereocenters. The van der Waals surface area contributed by atoms with Crippen LogP contribution in [0.3, 0.4) is 0 Å². The molecule has 5 heterocycles. The SMILES string of the molecule is O=C(c1csc(-c2cccs2)n1)N1C[C@@H]2[C@H](CO)[C@H]3CNC[C@]2(C1)O3. The fraction of sp³-hybridized carbons (Fsp3) is 0.529. The summed E-state index contributed by atoms with van der Waals surface area (Å²) in [7, 11) is 0. The molecule has 6 nitrogen and oxygen atoms in total. The number of fused-ring (bicyclic) bond motifs is 1. The van der Waals surface area contributed by atoms with E-state index in [-0.39, 0.29) is 36.1 Å². The number of morpholine rings is 1. The van der Waals surface area contributed by atoms with Crippen molar-refractivity contribution in [2.45, 2.75) is 11.7 Å². The van der Waals surface area contributed by atoms with E-state index in [1.54, 1.807) is 11.3 Å². The molecule has 132 valence electrons. The number of amides is 1. The summed E-state index contributed by atoms with van der Waals surface area (Å²) in [5.41, 5.74) is 0.157. The molecule has 3 aliphatic rings. The second-order valence-corrected chi connectivity index (χ2v) is 8.81. The molecule has 0 saturated carbocycles.